The molecule has 0 bridgehead atoms. The molecule has 2 N–H and O–H groups in total. The molecule has 5 rings (SSSR count). The van der Waals surface area contributed by atoms with Crippen molar-refractivity contribution in [2.24, 2.45) is 0 Å². The second-order valence-electron chi connectivity index (χ2n) is 10.5. The van der Waals surface area contributed by atoms with Crippen molar-refractivity contribution in [3.8, 4) is 0 Å². The lowest BCUT2D eigenvalue weighted by Gasteiger charge is -2.49. The summed E-state index contributed by atoms with van der Waals surface area (Å²) in [5.41, 5.74) is -2.20. The maximum absolute atomic E-state index is 12.6. The van der Waals surface area contributed by atoms with E-state index in [1.165, 1.54) is 6.20 Å². The Bertz CT molecular complexity index is 1390. The van der Waals surface area contributed by atoms with Gasteiger partial charge in [0.1, 0.15) is 28.7 Å². The molecule has 2 aliphatic heterocycles. The molecule has 0 aliphatic carbocycles. The lowest BCUT2D eigenvalue weighted by molar-refractivity contribution is -0.115. The molecule has 0 unspecified atom stereocenters. The number of hydrogen-bond acceptors (Lipinski definition) is 10. The van der Waals surface area contributed by atoms with Crippen LogP contribution in [0.25, 0.3) is 0 Å². The molecule has 14 heteroatoms. The number of aromatic nitrogens is 2. The number of piperidine rings is 1. The van der Waals surface area contributed by atoms with E-state index in [2.05, 4.69) is 43.8 Å². The van der Waals surface area contributed by atoms with Gasteiger partial charge in [-0.25, -0.2) is 9.97 Å². The smallest absolute Gasteiger partial charge is 0.371 e. The third-order valence-corrected chi connectivity index (χ3v) is 8.68. The highest BCUT2D eigenvalue weighted by Gasteiger charge is 2.36. The van der Waals surface area contributed by atoms with Gasteiger partial charge in [0.05, 0.1) is 23.5 Å². The van der Waals surface area contributed by atoms with Crippen molar-refractivity contribution in [1.29, 1.82) is 0 Å². The number of anilines is 4. The van der Waals surface area contributed by atoms with E-state index in [0.717, 1.165) is 50.6 Å². The van der Waals surface area contributed by atoms with Crippen LogP contribution in [-0.2, 0) is 6.54 Å². The number of nitrogens with one attached hydrogen (secondary N) is 2. The summed E-state index contributed by atoms with van der Waals surface area (Å²) in [4.78, 5) is 39.9. The first-order valence-corrected chi connectivity index (χ1v) is 14.5. The van der Waals surface area contributed by atoms with E-state index in [1.54, 1.807) is 17.4 Å². The topological polar surface area (TPSA) is 93.7 Å². The number of thiazole rings is 1. The fourth-order valence-electron chi connectivity index (χ4n) is 5.61. The molecule has 2 atom stereocenters. The second kappa shape index (κ2) is 11.6. The number of hydrogen-bond donors (Lipinski definition) is 2. The molecular formula is C26H31ClF3N7O2S. The van der Waals surface area contributed by atoms with Gasteiger partial charge >= 0.3 is 6.18 Å². The Morgan fingerprint density at radius 2 is 1.80 bits per heavy atom. The van der Waals surface area contributed by atoms with Crippen molar-refractivity contribution >= 4 is 45.8 Å². The Morgan fingerprint density at radius 3 is 2.45 bits per heavy atom. The lowest BCUT2D eigenvalue weighted by Crippen LogP contribution is -2.61. The second-order valence-corrected chi connectivity index (χ2v) is 11.9. The summed E-state index contributed by atoms with van der Waals surface area (Å²) in [7, 11) is 0. The number of pyridine rings is 1. The zero-order valence-electron chi connectivity index (χ0n) is 22.2. The summed E-state index contributed by atoms with van der Waals surface area (Å²) >= 11 is 8.30. The van der Waals surface area contributed by atoms with Gasteiger partial charge in [0.15, 0.2) is 0 Å². The number of piperazine rings is 1. The molecule has 2 fully saturated rings. The van der Waals surface area contributed by atoms with Gasteiger partial charge in [-0.15, -0.1) is 11.3 Å². The van der Waals surface area contributed by atoms with Crippen LogP contribution in [0.4, 0.5) is 36.1 Å². The summed E-state index contributed by atoms with van der Waals surface area (Å²) in [5, 5.41) is 8.21. The van der Waals surface area contributed by atoms with Gasteiger partial charge in [-0.05, 0) is 32.8 Å². The summed E-state index contributed by atoms with van der Waals surface area (Å²) in [6, 6.07) is 2.52. The van der Waals surface area contributed by atoms with Gasteiger partial charge < -0.3 is 15.5 Å². The summed E-state index contributed by atoms with van der Waals surface area (Å²) in [6.07, 6.45) is 1.01. The number of alkyl halides is 3. The van der Waals surface area contributed by atoms with Gasteiger partial charge in [-0.2, -0.15) is 13.2 Å². The number of rotatable bonds is 8. The largest absolute Gasteiger partial charge is 0.405 e. The fourth-order valence-corrected chi connectivity index (χ4v) is 6.54. The quantitative estimate of drug-likeness (QED) is 0.373. The highest BCUT2D eigenvalue weighted by atomic mass is 35.5. The van der Waals surface area contributed by atoms with Gasteiger partial charge in [0.2, 0.25) is 0 Å². The van der Waals surface area contributed by atoms with E-state index < -0.39 is 29.3 Å². The molecule has 3 aromatic rings. The minimum atomic E-state index is -4.53. The fraction of sp³-hybridized carbons (Fsp3) is 0.538. The van der Waals surface area contributed by atoms with Crippen molar-refractivity contribution in [3.05, 3.63) is 54.3 Å². The summed E-state index contributed by atoms with van der Waals surface area (Å²) in [5.74, 6) is 0.602. The van der Waals surface area contributed by atoms with Crippen molar-refractivity contribution in [1.82, 2.24) is 19.8 Å². The zero-order chi connectivity index (χ0) is 28.6. The van der Waals surface area contributed by atoms with Crippen molar-refractivity contribution in [2.75, 3.05) is 48.3 Å². The van der Waals surface area contributed by atoms with Gasteiger partial charge in [0, 0.05) is 55.9 Å². The van der Waals surface area contributed by atoms with E-state index in [0.29, 0.717) is 22.6 Å². The van der Waals surface area contributed by atoms with Crippen LogP contribution in [-0.4, -0.2) is 76.8 Å². The standard InChI is InChI=1S/C26H31ClF3N7O2S/c1-15-12-37(16(2)11-36(15)18-3-6-35(7-4-18)13-20-31-5-8-40-20)25-19(27)9-17(10-32-25)34-22-21(23(38)24(22)39)33-14-26(28,29)30/h5,8-10,15-16,18,33-34H,3-4,6-7,11-14H2,1-2H3/t15-,16+/m1/s1. The molecule has 2 aromatic heterocycles. The van der Waals surface area contributed by atoms with Crippen LogP contribution in [0.5, 0.6) is 0 Å². The minimum absolute atomic E-state index is 0.153. The average molecular weight is 598 g/mol. The SMILES string of the molecule is C[C@@H]1CN(c2ncc(Nc3c(NCC(F)(F)F)c(=O)c3=O)cc2Cl)[C@@H](C)CN1C1CCN(Cc2nccs2)CC1. The molecule has 216 valence electrons. The number of likely N-dealkylation sites (tertiary alicyclic amines) is 1. The molecule has 40 heavy (non-hydrogen) atoms. The zero-order valence-corrected chi connectivity index (χ0v) is 23.7. The van der Waals surface area contributed by atoms with Crippen molar-refractivity contribution in [3.63, 3.8) is 0 Å². The third kappa shape index (κ3) is 6.27. The summed E-state index contributed by atoms with van der Waals surface area (Å²) in [6.45, 7) is 7.55. The first-order valence-electron chi connectivity index (χ1n) is 13.2. The molecule has 0 radical (unpaired) electrons. The molecule has 4 heterocycles. The van der Waals surface area contributed by atoms with Crippen molar-refractivity contribution < 1.29 is 13.2 Å². The van der Waals surface area contributed by atoms with Gasteiger partial charge in [0.25, 0.3) is 10.9 Å². The highest BCUT2D eigenvalue weighted by Crippen LogP contribution is 2.33. The third-order valence-electron chi connectivity index (χ3n) is 7.64. The molecule has 9 nitrogen and oxygen atoms in total. The Morgan fingerprint density at radius 1 is 1.07 bits per heavy atom. The lowest BCUT2D eigenvalue weighted by atomic mass is 9.98. The number of nitrogens with zero attached hydrogens (tertiary/aromatic N) is 5. The first kappa shape index (κ1) is 28.8. The Hall–Kier alpha value is -2.74. The Balaban J connectivity index is 1.20. The van der Waals surface area contributed by atoms with Crippen LogP contribution in [0.3, 0.4) is 0 Å². The van der Waals surface area contributed by atoms with E-state index >= 15 is 0 Å². The normalized spacial score (nSPS) is 21.7. The predicted molar refractivity (Wildman–Crippen MR) is 152 cm³/mol. The van der Waals surface area contributed by atoms with E-state index in [1.807, 2.05) is 16.9 Å². The van der Waals surface area contributed by atoms with Crippen LogP contribution in [0.2, 0.25) is 5.02 Å². The maximum Gasteiger partial charge on any atom is 0.405 e. The van der Waals surface area contributed by atoms with Crippen LogP contribution in [0, 0.1) is 0 Å². The Kier molecular flexibility index (Phi) is 8.37. The van der Waals surface area contributed by atoms with E-state index in [9.17, 15) is 22.8 Å². The predicted octanol–water partition coefficient (Wildman–Crippen LogP) is 4.07. The molecule has 1 aromatic carbocycles. The monoisotopic (exact) mass is 597 g/mol. The van der Waals surface area contributed by atoms with E-state index in [4.69, 9.17) is 11.6 Å². The van der Waals surface area contributed by atoms with E-state index in [-0.39, 0.29) is 17.8 Å². The highest BCUT2D eigenvalue weighted by molar-refractivity contribution is 7.09. The first-order chi connectivity index (χ1) is 19.0. The molecular weight excluding hydrogens is 567 g/mol. The molecule has 0 spiro atoms. The van der Waals surface area contributed by atoms with Crippen LogP contribution < -0.4 is 26.4 Å². The van der Waals surface area contributed by atoms with Crippen LogP contribution in [0.1, 0.15) is 31.7 Å². The molecule has 0 saturated carbocycles. The molecule has 0 amide bonds. The number of halogens is 4. The van der Waals surface area contributed by atoms with Gasteiger partial charge in [-0.1, -0.05) is 11.6 Å². The molecule has 2 saturated heterocycles. The van der Waals surface area contributed by atoms with Gasteiger partial charge in [-0.3, -0.25) is 19.4 Å². The summed E-state index contributed by atoms with van der Waals surface area (Å²) < 4.78 is 37.7. The van der Waals surface area contributed by atoms with Crippen LogP contribution >= 0.6 is 22.9 Å². The molecule has 2 aliphatic rings. The maximum atomic E-state index is 12.6. The average Bonchev–Trinajstić information content (AvgIpc) is 3.42. The van der Waals surface area contributed by atoms with Crippen LogP contribution in [0.15, 0.2) is 33.4 Å². The van der Waals surface area contributed by atoms with Crippen molar-refractivity contribution in [2.45, 2.75) is 57.5 Å². The minimum Gasteiger partial charge on any atom is -0.371 e. The Labute approximate surface area is 238 Å².